The predicted octanol–water partition coefficient (Wildman–Crippen LogP) is 4.15. The maximum absolute atomic E-state index is 13.3. The number of nitrogens with zero attached hydrogens (tertiary/aromatic N) is 2. The van der Waals surface area contributed by atoms with Crippen LogP contribution < -0.4 is 10.2 Å². The van der Waals surface area contributed by atoms with Gasteiger partial charge in [-0.05, 0) is 73.1 Å². The van der Waals surface area contributed by atoms with Gasteiger partial charge < -0.3 is 10.2 Å². The number of anilines is 2. The highest BCUT2D eigenvalue weighted by atomic mass is 32.2. The summed E-state index contributed by atoms with van der Waals surface area (Å²) in [7, 11) is -3.66. The molecule has 0 atom stereocenters. The first-order chi connectivity index (χ1) is 16.2. The highest BCUT2D eigenvalue weighted by Crippen LogP contribution is 2.32. The minimum Gasteiger partial charge on any atom is -0.326 e. The minimum atomic E-state index is -3.66. The van der Waals surface area contributed by atoms with Gasteiger partial charge in [0, 0.05) is 43.9 Å². The van der Waals surface area contributed by atoms with E-state index in [1.165, 1.54) is 16.8 Å². The van der Waals surface area contributed by atoms with E-state index >= 15 is 0 Å². The zero-order valence-electron chi connectivity index (χ0n) is 20.1. The van der Waals surface area contributed by atoms with Crippen molar-refractivity contribution in [3.8, 4) is 0 Å². The number of nitrogens with one attached hydrogen (secondary N) is 1. The molecule has 1 fully saturated rings. The van der Waals surface area contributed by atoms with Gasteiger partial charge in [-0.15, -0.1) is 0 Å². The maximum atomic E-state index is 13.3. The third kappa shape index (κ3) is 5.03. The number of hydrogen-bond acceptors (Lipinski definition) is 4. The smallest absolute Gasteiger partial charge is 0.243 e. The molecule has 2 heterocycles. The first kappa shape index (κ1) is 24.4. The van der Waals surface area contributed by atoms with Gasteiger partial charge in [-0.1, -0.05) is 26.0 Å². The Hall–Kier alpha value is -2.71. The number of rotatable bonds is 5. The molecule has 0 spiro atoms. The lowest BCUT2D eigenvalue weighted by Crippen LogP contribution is -2.41. The molecule has 182 valence electrons. The molecule has 0 aliphatic carbocycles. The number of sulfonamides is 1. The lowest BCUT2D eigenvalue weighted by Gasteiger charge is -2.32. The first-order valence-corrected chi connectivity index (χ1v) is 13.4. The molecule has 2 amide bonds. The van der Waals surface area contributed by atoms with Crippen LogP contribution in [0.25, 0.3) is 0 Å². The largest absolute Gasteiger partial charge is 0.326 e. The van der Waals surface area contributed by atoms with Gasteiger partial charge in [0.2, 0.25) is 21.8 Å². The number of carbonyl (C=O) groups is 2. The number of hydrogen-bond donors (Lipinski definition) is 1. The molecule has 0 radical (unpaired) electrons. The summed E-state index contributed by atoms with van der Waals surface area (Å²) in [5.74, 6) is 0.114. The average molecular weight is 484 g/mol. The molecule has 0 bridgehead atoms. The molecule has 0 saturated carbocycles. The van der Waals surface area contributed by atoms with Crippen LogP contribution in [-0.4, -0.2) is 44.2 Å². The highest BCUT2D eigenvalue weighted by Gasteiger charge is 2.33. The van der Waals surface area contributed by atoms with Crippen molar-refractivity contribution in [2.75, 3.05) is 29.9 Å². The summed E-state index contributed by atoms with van der Waals surface area (Å²) in [4.78, 5) is 26.6. The summed E-state index contributed by atoms with van der Waals surface area (Å²) < 4.78 is 28.0. The number of carbonyl (C=O) groups excluding carboxylic acids is 2. The van der Waals surface area contributed by atoms with Crippen LogP contribution in [0.4, 0.5) is 11.4 Å². The monoisotopic (exact) mass is 483 g/mol. The van der Waals surface area contributed by atoms with Gasteiger partial charge in [-0.2, -0.15) is 4.31 Å². The summed E-state index contributed by atoms with van der Waals surface area (Å²) >= 11 is 0. The van der Waals surface area contributed by atoms with Crippen LogP contribution >= 0.6 is 0 Å². The molecule has 0 aromatic heterocycles. The predicted molar refractivity (Wildman–Crippen MR) is 133 cm³/mol. The summed E-state index contributed by atoms with van der Waals surface area (Å²) in [6.07, 6.45) is 2.54. The fraction of sp³-hybridized carbons (Fsp3) is 0.462. The highest BCUT2D eigenvalue weighted by molar-refractivity contribution is 7.89. The summed E-state index contributed by atoms with van der Waals surface area (Å²) in [5, 5.41) is 2.97. The normalized spacial score (nSPS) is 17.5. The second-order valence-corrected chi connectivity index (χ2v) is 11.4. The van der Waals surface area contributed by atoms with Crippen LogP contribution in [0.3, 0.4) is 0 Å². The van der Waals surface area contributed by atoms with Crippen molar-refractivity contribution in [2.45, 2.75) is 57.3 Å². The van der Waals surface area contributed by atoms with E-state index in [0.717, 1.165) is 29.8 Å². The second kappa shape index (κ2) is 9.88. The Morgan fingerprint density at radius 1 is 1.00 bits per heavy atom. The Bertz CT molecular complexity index is 1170. The third-order valence-corrected chi connectivity index (χ3v) is 8.75. The van der Waals surface area contributed by atoms with Crippen molar-refractivity contribution in [1.29, 1.82) is 0 Å². The van der Waals surface area contributed by atoms with E-state index < -0.39 is 10.0 Å². The van der Waals surface area contributed by atoms with Crippen molar-refractivity contribution in [3.63, 3.8) is 0 Å². The molecule has 4 rings (SSSR count). The van der Waals surface area contributed by atoms with Crippen molar-refractivity contribution < 1.29 is 18.0 Å². The van der Waals surface area contributed by atoms with E-state index in [9.17, 15) is 18.0 Å². The zero-order chi connectivity index (χ0) is 24.5. The zero-order valence-corrected chi connectivity index (χ0v) is 20.9. The first-order valence-electron chi connectivity index (χ1n) is 12.0. The molecule has 2 aliphatic rings. The van der Waals surface area contributed by atoms with Gasteiger partial charge in [0.05, 0.1) is 4.90 Å². The topological polar surface area (TPSA) is 86.8 Å². The fourth-order valence-corrected chi connectivity index (χ4v) is 6.29. The Morgan fingerprint density at radius 3 is 2.29 bits per heavy atom. The second-order valence-electron chi connectivity index (χ2n) is 9.51. The van der Waals surface area contributed by atoms with Crippen molar-refractivity contribution >= 4 is 33.2 Å². The quantitative estimate of drug-likeness (QED) is 0.692. The molecule has 8 heteroatoms. The van der Waals surface area contributed by atoms with E-state index in [4.69, 9.17) is 0 Å². The van der Waals surface area contributed by atoms with Gasteiger partial charge in [-0.3, -0.25) is 9.59 Å². The number of fused-ring (bicyclic) bond motifs is 1. The molecule has 1 saturated heterocycles. The van der Waals surface area contributed by atoms with Crippen LogP contribution in [0.15, 0.2) is 47.4 Å². The lowest BCUT2D eigenvalue weighted by molar-refractivity contribution is -0.121. The summed E-state index contributed by atoms with van der Waals surface area (Å²) in [5.41, 5.74) is 3.67. The molecule has 34 heavy (non-hydrogen) atoms. The standard InChI is InChI=1S/C26H33N3O4S/c1-18(2)20-6-8-23(9-7-20)27-26(31)21-12-15-28(16-13-21)34(32,33)24-10-11-25-22(17-24)5-4-14-29(25)19(3)30/h6-11,17-18,21H,4-5,12-16H2,1-3H3,(H,27,31). The maximum Gasteiger partial charge on any atom is 0.243 e. The molecular weight excluding hydrogens is 450 g/mol. The molecule has 2 aromatic carbocycles. The van der Waals surface area contributed by atoms with Crippen LogP contribution in [0.2, 0.25) is 0 Å². The van der Waals surface area contributed by atoms with Gasteiger partial charge in [0.25, 0.3) is 0 Å². The van der Waals surface area contributed by atoms with Gasteiger partial charge in [0.15, 0.2) is 0 Å². The van der Waals surface area contributed by atoms with Gasteiger partial charge in [-0.25, -0.2) is 8.42 Å². The minimum absolute atomic E-state index is 0.0345. The van der Waals surface area contributed by atoms with Crippen LogP contribution in [0.5, 0.6) is 0 Å². The van der Waals surface area contributed by atoms with Crippen LogP contribution in [-0.2, 0) is 26.0 Å². The Morgan fingerprint density at radius 2 is 1.68 bits per heavy atom. The SMILES string of the molecule is CC(=O)N1CCCc2cc(S(=O)(=O)N3CCC(C(=O)Nc4ccc(C(C)C)cc4)CC3)ccc21. The summed E-state index contributed by atoms with van der Waals surface area (Å²) in [6.45, 7) is 7.06. The van der Waals surface area contributed by atoms with E-state index in [1.807, 2.05) is 24.3 Å². The Labute approximate surface area is 202 Å². The van der Waals surface area contributed by atoms with Crippen LogP contribution in [0, 0.1) is 5.92 Å². The van der Waals surface area contributed by atoms with E-state index in [-0.39, 0.29) is 22.6 Å². The Kier molecular flexibility index (Phi) is 7.09. The third-order valence-electron chi connectivity index (χ3n) is 6.86. The van der Waals surface area contributed by atoms with Gasteiger partial charge >= 0.3 is 0 Å². The number of amides is 2. The van der Waals surface area contributed by atoms with Crippen LogP contribution in [0.1, 0.15) is 57.1 Å². The lowest BCUT2D eigenvalue weighted by atomic mass is 9.97. The number of aryl methyl sites for hydroxylation is 1. The van der Waals surface area contributed by atoms with E-state index in [0.29, 0.717) is 38.4 Å². The number of piperidine rings is 1. The molecule has 2 aliphatic heterocycles. The molecule has 0 unspecified atom stereocenters. The Balaban J connectivity index is 1.39. The fourth-order valence-electron chi connectivity index (χ4n) is 4.76. The van der Waals surface area contributed by atoms with Crippen molar-refractivity contribution in [2.24, 2.45) is 5.92 Å². The molecule has 1 N–H and O–H groups in total. The average Bonchev–Trinajstić information content (AvgIpc) is 2.83. The molecular formula is C26H33N3O4S. The van der Waals surface area contributed by atoms with Gasteiger partial charge in [0.1, 0.15) is 0 Å². The molecule has 7 nitrogen and oxygen atoms in total. The number of benzene rings is 2. The van der Waals surface area contributed by atoms with E-state index in [2.05, 4.69) is 19.2 Å². The molecule has 2 aromatic rings. The van der Waals surface area contributed by atoms with Crippen molar-refractivity contribution in [1.82, 2.24) is 4.31 Å². The summed E-state index contributed by atoms with van der Waals surface area (Å²) in [6, 6.07) is 12.9. The van der Waals surface area contributed by atoms with E-state index in [1.54, 1.807) is 23.1 Å². The van der Waals surface area contributed by atoms with Crippen molar-refractivity contribution in [3.05, 3.63) is 53.6 Å².